The van der Waals surface area contributed by atoms with Gasteiger partial charge in [0.25, 0.3) is 0 Å². The van der Waals surface area contributed by atoms with Gasteiger partial charge in [0, 0.05) is 19.3 Å². The van der Waals surface area contributed by atoms with Crippen molar-refractivity contribution in [3.05, 3.63) is 53.2 Å². The van der Waals surface area contributed by atoms with Gasteiger partial charge in [0.2, 0.25) is 10.0 Å². The van der Waals surface area contributed by atoms with Crippen molar-refractivity contribution in [2.24, 2.45) is 5.41 Å². The number of pyridine rings is 1. The first-order valence-corrected chi connectivity index (χ1v) is 10.5. The monoisotopic (exact) mass is 443 g/mol. The van der Waals surface area contributed by atoms with E-state index >= 15 is 0 Å². The Labute approximate surface area is 171 Å². The van der Waals surface area contributed by atoms with E-state index < -0.39 is 33.1 Å². The van der Waals surface area contributed by atoms with Crippen LogP contribution in [0.5, 0.6) is 0 Å². The number of nitrogens with zero attached hydrogens (tertiary/aromatic N) is 1. The van der Waals surface area contributed by atoms with Gasteiger partial charge in [-0.1, -0.05) is 12.1 Å². The van der Waals surface area contributed by atoms with Crippen LogP contribution in [0.15, 0.2) is 41.4 Å². The summed E-state index contributed by atoms with van der Waals surface area (Å²) in [4.78, 5) is 15.2. The van der Waals surface area contributed by atoms with Crippen LogP contribution in [0.25, 0.3) is 0 Å². The van der Waals surface area contributed by atoms with Crippen molar-refractivity contribution in [3.63, 3.8) is 0 Å². The van der Waals surface area contributed by atoms with Crippen LogP contribution in [-0.2, 0) is 33.8 Å². The van der Waals surface area contributed by atoms with E-state index in [1.807, 2.05) is 0 Å². The first kappa shape index (κ1) is 22.0. The topological polar surface area (TPSA) is 108 Å². The standard InChI is InChI=1S/C19H20F3N3O4S/c1-18(17(26)27)9-12-3-2-4-15(14(12)10-18)30(28,29)25-8-7-23-16-6-5-13(11-24-16)19(20,21)22/h2-6,11,25H,7-10H2,1H3,(H,23,24)(H,26,27). The number of rotatable bonds is 7. The Morgan fingerprint density at radius 1 is 1.20 bits per heavy atom. The maximum absolute atomic E-state index is 12.7. The summed E-state index contributed by atoms with van der Waals surface area (Å²) in [7, 11) is -3.89. The van der Waals surface area contributed by atoms with Crippen molar-refractivity contribution < 1.29 is 31.5 Å². The quantitative estimate of drug-likeness (QED) is 0.568. The van der Waals surface area contributed by atoms with Gasteiger partial charge >= 0.3 is 12.1 Å². The van der Waals surface area contributed by atoms with E-state index in [4.69, 9.17) is 0 Å². The highest BCUT2D eigenvalue weighted by molar-refractivity contribution is 7.89. The molecule has 0 fully saturated rings. The third kappa shape index (κ3) is 4.57. The summed E-state index contributed by atoms with van der Waals surface area (Å²) < 4.78 is 65.5. The molecule has 3 N–H and O–H groups in total. The SMILES string of the molecule is CC1(C(=O)O)Cc2cccc(S(=O)(=O)NCCNc3ccc(C(F)(F)F)cn3)c2C1. The molecule has 0 aliphatic heterocycles. The van der Waals surface area contributed by atoms with Crippen LogP contribution in [0.4, 0.5) is 19.0 Å². The number of aliphatic carboxylic acids is 1. The lowest BCUT2D eigenvalue weighted by Gasteiger charge is -2.17. The van der Waals surface area contributed by atoms with Crippen molar-refractivity contribution in [1.82, 2.24) is 9.71 Å². The predicted octanol–water partition coefficient (Wildman–Crippen LogP) is 2.68. The van der Waals surface area contributed by atoms with E-state index in [0.717, 1.165) is 12.1 Å². The lowest BCUT2D eigenvalue weighted by Crippen LogP contribution is -2.30. The Hall–Kier alpha value is -2.66. The van der Waals surface area contributed by atoms with Gasteiger partial charge in [-0.05, 0) is 49.1 Å². The summed E-state index contributed by atoms with van der Waals surface area (Å²) in [6, 6.07) is 6.77. The summed E-state index contributed by atoms with van der Waals surface area (Å²) in [6.07, 6.45) is -3.42. The maximum Gasteiger partial charge on any atom is 0.417 e. The lowest BCUT2D eigenvalue weighted by atomic mass is 9.88. The molecule has 0 spiro atoms. The molecule has 7 nitrogen and oxygen atoms in total. The van der Waals surface area contributed by atoms with E-state index in [2.05, 4.69) is 15.0 Å². The molecule has 1 aromatic heterocycles. The Kier molecular flexibility index (Phi) is 5.79. The van der Waals surface area contributed by atoms with Crippen LogP contribution in [0, 0.1) is 5.41 Å². The largest absolute Gasteiger partial charge is 0.481 e. The van der Waals surface area contributed by atoms with Crippen LogP contribution < -0.4 is 10.0 Å². The zero-order chi connectivity index (χ0) is 22.2. The molecule has 0 bridgehead atoms. The van der Waals surface area contributed by atoms with Gasteiger partial charge in [-0.15, -0.1) is 0 Å². The van der Waals surface area contributed by atoms with E-state index in [0.29, 0.717) is 17.3 Å². The molecule has 1 unspecified atom stereocenters. The second-order valence-electron chi connectivity index (χ2n) is 7.37. The molecule has 30 heavy (non-hydrogen) atoms. The Morgan fingerprint density at radius 3 is 2.53 bits per heavy atom. The fourth-order valence-corrected chi connectivity index (χ4v) is 4.68. The van der Waals surface area contributed by atoms with Gasteiger partial charge in [0.05, 0.1) is 15.9 Å². The number of halogens is 3. The number of hydrogen-bond donors (Lipinski definition) is 3. The van der Waals surface area contributed by atoms with Crippen LogP contribution in [-0.4, -0.2) is 37.6 Å². The zero-order valence-electron chi connectivity index (χ0n) is 16.0. The van der Waals surface area contributed by atoms with Gasteiger partial charge in [-0.3, -0.25) is 4.79 Å². The summed E-state index contributed by atoms with van der Waals surface area (Å²) >= 11 is 0. The summed E-state index contributed by atoms with van der Waals surface area (Å²) in [5.41, 5.74) is -0.744. The summed E-state index contributed by atoms with van der Waals surface area (Å²) in [6.45, 7) is 1.64. The fraction of sp³-hybridized carbons (Fsp3) is 0.368. The minimum Gasteiger partial charge on any atom is -0.481 e. The molecule has 1 aliphatic rings. The first-order valence-electron chi connectivity index (χ1n) is 9.03. The van der Waals surface area contributed by atoms with E-state index in [1.165, 1.54) is 6.07 Å². The number of alkyl halides is 3. The van der Waals surface area contributed by atoms with Gasteiger partial charge < -0.3 is 10.4 Å². The molecular weight excluding hydrogens is 423 g/mol. The number of carbonyl (C=O) groups is 1. The normalized spacial score (nSPS) is 18.8. The Morgan fingerprint density at radius 2 is 1.93 bits per heavy atom. The minimum absolute atomic E-state index is 0.0368. The number of carboxylic acid groups (broad SMARTS) is 1. The van der Waals surface area contributed by atoms with Crippen molar-refractivity contribution in [1.29, 1.82) is 0 Å². The van der Waals surface area contributed by atoms with Crippen LogP contribution >= 0.6 is 0 Å². The number of benzene rings is 1. The number of carboxylic acids is 1. The number of sulfonamides is 1. The van der Waals surface area contributed by atoms with Crippen molar-refractivity contribution in [3.8, 4) is 0 Å². The van der Waals surface area contributed by atoms with E-state index in [-0.39, 0.29) is 36.6 Å². The molecule has 3 rings (SSSR count). The Balaban J connectivity index is 1.62. The van der Waals surface area contributed by atoms with Gasteiger partial charge in [0.1, 0.15) is 5.82 Å². The van der Waals surface area contributed by atoms with E-state index in [9.17, 15) is 31.5 Å². The molecule has 162 valence electrons. The number of fused-ring (bicyclic) bond motifs is 1. The highest BCUT2D eigenvalue weighted by atomic mass is 32.2. The number of aromatic nitrogens is 1. The molecule has 2 aromatic rings. The number of anilines is 1. The minimum atomic E-state index is -4.48. The average Bonchev–Trinajstić information content (AvgIpc) is 3.02. The van der Waals surface area contributed by atoms with Crippen molar-refractivity contribution in [2.45, 2.75) is 30.8 Å². The average molecular weight is 443 g/mol. The van der Waals surface area contributed by atoms with Gasteiger partial charge in [-0.25, -0.2) is 18.1 Å². The molecule has 1 aliphatic carbocycles. The fourth-order valence-electron chi connectivity index (χ4n) is 3.37. The molecular formula is C19H20F3N3O4S. The van der Waals surface area contributed by atoms with Crippen molar-refractivity contribution in [2.75, 3.05) is 18.4 Å². The lowest BCUT2D eigenvalue weighted by molar-refractivity contribution is -0.147. The van der Waals surface area contributed by atoms with Gasteiger partial charge in [-0.2, -0.15) is 13.2 Å². The number of hydrogen-bond acceptors (Lipinski definition) is 5. The first-order chi connectivity index (χ1) is 13.9. The molecule has 0 amide bonds. The molecule has 1 aromatic carbocycles. The molecule has 1 heterocycles. The van der Waals surface area contributed by atoms with Crippen LogP contribution in [0.1, 0.15) is 23.6 Å². The zero-order valence-corrected chi connectivity index (χ0v) is 16.8. The smallest absolute Gasteiger partial charge is 0.417 e. The predicted molar refractivity (Wildman–Crippen MR) is 103 cm³/mol. The summed E-state index contributed by atoms with van der Waals surface area (Å²) in [5.74, 6) is -0.803. The maximum atomic E-state index is 12.7. The van der Waals surface area contributed by atoms with Crippen LogP contribution in [0.2, 0.25) is 0 Å². The number of nitrogens with one attached hydrogen (secondary N) is 2. The van der Waals surface area contributed by atoms with Crippen molar-refractivity contribution >= 4 is 21.8 Å². The highest BCUT2D eigenvalue weighted by Gasteiger charge is 2.41. The Bertz CT molecular complexity index is 1060. The second-order valence-corrected chi connectivity index (χ2v) is 9.10. The van der Waals surface area contributed by atoms with Gasteiger partial charge in [0.15, 0.2) is 0 Å². The van der Waals surface area contributed by atoms with E-state index in [1.54, 1.807) is 19.1 Å². The molecule has 0 radical (unpaired) electrons. The van der Waals surface area contributed by atoms with Crippen LogP contribution in [0.3, 0.4) is 0 Å². The molecule has 11 heteroatoms. The third-order valence-electron chi connectivity index (χ3n) is 5.00. The highest BCUT2D eigenvalue weighted by Crippen LogP contribution is 2.39. The molecule has 0 saturated heterocycles. The summed E-state index contributed by atoms with van der Waals surface area (Å²) in [5, 5.41) is 12.2. The second kappa shape index (κ2) is 7.88. The molecule has 1 atom stereocenters. The third-order valence-corrected chi connectivity index (χ3v) is 6.54. The molecule has 0 saturated carbocycles.